The van der Waals surface area contributed by atoms with E-state index < -0.39 is 0 Å². The van der Waals surface area contributed by atoms with Gasteiger partial charge in [-0.3, -0.25) is 9.78 Å². The zero-order valence-electron chi connectivity index (χ0n) is 14.8. The first-order valence-corrected chi connectivity index (χ1v) is 8.26. The highest BCUT2D eigenvalue weighted by molar-refractivity contribution is 5.93. The summed E-state index contributed by atoms with van der Waals surface area (Å²) in [5.41, 5.74) is 2.59. The first-order chi connectivity index (χ1) is 12.0. The van der Waals surface area contributed by atoms with Crippen LogP contribution in [0.3, 0.4) is 0 Å². The van der Waals surface area contributed by atoms with Crippen molar-refractivity contribution in [1.82, 2.24) is 20.5 Å². The van der Waals surface area contributed by atoms with Gasteiger partial charge < -0.3 is 15.5 Å². The number of benzene rings is 1. The smallest absolute Gasteiger partial charge is 0.315 e. The molecule has 1 atom stereocenters. The van der Waals surface area contributed by atoms with E-state index >= 15 is 0 Å². The van der Waals surface area contributed by atoms with Crippen LogP contribution in [0.25, 0.3) is 0 Å². The SMILES string of the molecule is CC[C@H](NC(=O)NCc1ccc(C(=O)N(C)C)cc1)c1ccncc1. The Balaban J connectivity index is 1.88. The van der Waals surface area contributed by atoms with Crippen molar-refractivity contribution < 1.29 is 9.59 Å². The molecule has 0 radical (unpaired) electrons. The molecule has 1 aromatic heterocycles. The number of nitrogens with one attached hydrogen (secondary N) is 2. The van der Waals surface area contributed by atoms with Crippen LogP contribution in [0.4, 0.5) is 4.79 Å². The minimum Gasteiger partial charge on any atom is -0.345 e. The van der Waals surface area contributed by atoms with Gasteiger partial charge in [0, 0.05) is 38.6 Å². The van der Waals surface area contributed by atoms with E-state index in [2.05, 4.69) is 15.6 Å². The van der Waals surface area contributed by atoms with Gasteiger partial charge in [0.1, 0.15) is 0 Å². The van der Waals surface area contributed by atoms with Crippen LogP contribution in [-0.4, -0.2) is 35.9 Å². The molecule has 0 saturated heterocycles. The van der Waals surface area contributed by atoms with Gasteiger partial charge >= 0.3 is 6.03 Å². The third-order valence-electron chi connectivity index (χ3n) is 3.88. The summed E-state index contributed by atoms with van der Waals surface area (Å²) >= 11 is 0. The molecule has 0 aliphatic rings. The maximum Gasteiger partial charge on any atom is 0.315 e. The highest BCUT2D eigenvalue weighted by Crippen LogP contribution is 2.15. The number of amides is 3. The second kappa shape index (κ2) is 8.82. The Morgan fingerprint density at radius 2 is 1.72 bits per heavy atom. The highest BCUT2D eigenvalue weighted by atomic mass is 16.2. The molecule has 3 amide bonds. The fourth-order valence-electron chi connectivity index (χ4n) is 2.43. The van der Waals surface area contributed by atoms with E-state index in [0.29, 0.717) is 12.1 Å². The van der Waals surface area contributed by atoms with Crippen molar-refractivity contribution in [2.45, 2.75) is 25.9 Å². The van der Waals surface area contributed by atoms with Crippen LogP contribution in [0.5, 0.6) is 0 Å². The number of nitrogens with zero attached hydrogens (tertiary/aromatic N) is 2. The van der Waals surface area contributed by atoms with E-state index in [4.69, 9.17) is 0 Å². The molecule has 2 aromatic rings. The van der Waals surface area contributed by atoms with Crippen LogP contribution in [0.2, 0.25) is 0 Å². The standard InChI is InChI=1S/C19H24N4O2/c1-4-17(15-9-11-20-12-10-15)22-19(25)21-13-14-5-7-16(8-6-14)18(24)23(2)3/h5-12,17H,4,13H2,1-3H3,(H2,21,22,25)/t17-/m0/s1. The van der Waals surface area contributed by atoms with Crippen molar-refractivity contribution in [3.05, 3.63) is 65.5 Å². The molecular weight excluding hydrogens is 316 g/mol. The molecule has 25 heavy (non-hydrogen) atoms. The molecule has 6 nitrogen and oxygen atoms in total. The van der Waals surface area contributed by atoms with Gasteiger partial charge in [0.05, 0.1) is 6.04 Å². The predicted molar refractivity (Wildman–Crippen MR) is 97.1 cm³/mol. The Morgan fingerprint density at radius 1 is 1.08 bits per heavy atom. The summed E-state index contributed by atoms with van der Waals surface area (Å²) in [6.07, 6.45) is 4.22. The second-order valence-corrected chi connectivity index (χ2v) is 5.96. The first-order valence-electron chi connectivity index (χ1n) is 8.26. The van der Waals surface area contributed by atoms with E-state index in [-0.39, 0.29) is 18.0 Å². The average molecular weight is 340 g/mol. The molecule has 0 fully saturated rings. The zero-order chi connectivity index (χ0) is 18.2. The van der Waals surface area contributed by atoms with E-state index in [0.717, 1.165) is 17.5 Å². The van der Waals surface area contributed by atoms with Gasteiger partial charge in [0.25, 0.3) is 5.91 Å². The fraction of sp³-hybridized carbons (Fsp3) is 0.316. The lowest BCUT2D eigenvalue weighted by Crippen LogP contribution is -2.37. The summed E-state index contributed by atoms with van der Waals surface area (Å²) in [7, 11) is 3.43. The molecule has 0 bridgehead atoms. The number of pyridine rings is 1. The molecule has 2 rings (SSSR count). The Labute approximate surface area is 148 Å². The zero-order valence-corrected chi connectivity index (χ0v) is 14.8. The van der Waals surface area contributed by atoms with Crippen LogP contribution >= 0.6 is 0 Å². The number of carbonyl (C=O) groups is 2. The molecule has 132 valence electrons. The lowest BCUT2D eigenvalue weighted by Gasteiger charge is -2.18. The summed E-state index contributed by atoms with van der Waals surface area (Å²) < 4.78 is 0. The van der Waals surface area contributed by atoms with Gasteiger partial charge in [-0.2, -0.15) is 0 Å². The minimum absolute atomic E-state index is 0.0413. The van der Waals surface area contributed by atoms with Crippen molar-refractivity contribution in [3.8, 4) is 0 Å². The van der Waals surface area contributed by atoms with Crippen molar-refractivity contribution in [2.75, 3.05) is 14.1 Å². The van der Waals surface area contributed by atoms with Crippen molar-refractivity contribution in [2.24, 2.45) is 0 Å². The van der Waals surface area contributed by atoms with Crippen molar-refractivity contribution in [3.63, 3.8) is 0 Å². The number of aromatic nitrogens is 1. The van der Waals surface area contributed by atoms with Gasteiger partial charge in [0.2, 0.25) is 0 Å². The number of rotatable bonds is 6. The van der Waals surface area contributed by atoms with Gasteiger partial charge in [-0.15, -0.1) is 0 Å². The number of carbonyl (C=O) groups excluding carboxylic acids is 2. The maximum absolute atomic E-state index is 12.1. The number of hydrogen-bond donors (Lipinski definition) is 2. The van der Waals surface area contributed by atoms with Crippen molar-refractivity contribution >= 4 is 11.9 Å². The van der Waals surface area contributed by atoms with E-state index in [1.165, 1.54) is 4.90 Å². The van der Waals surface area contributed by atoms with Gasteiger partial charge in [0.15, 0.2) is 0 Å². The summed E-state index contributed by atoms with van der Waals surface area (Å²) in [6.45, 7) is 2.42. The molecule has 0 unspecified atom stereocenters. The van der Waals surface area contributed by atoms with Gasteiger partial charge in [-0.25, -0.2) is 4.79 Å². The monoisotopic (exact) mass is 340 g/mol. The number of hydrogen-bond acceptors (Lipinski definition) is 3. The topological polar surface area (TPSA) is 74.3 Å². The second-order valence-electron chi connectivity index (χ2n) is 5.96. The van der Waals surface area contributed by atoms with Crippen LogP contribution in [0, 0.1) is 0 Å². The van der Waals surface area contributed by atoms with E-state index in [1.54, 1.807) is 38.6 Å². The molecular formula is C19H24N4O2. The van der Waals surface area contributed by atoms with Gasteiger partial charge in [-0.05, 0) is 41.8 Å². The molecule has 6 heteroatoms. The molecule has 0 saturated carbocycles. The quantitative estimate of drug-likeness (QED) is 0.849. The molecule has 0 spiro atoms. The Hall–Kier alpha value is -2.89. The Bertz CT molecular complexity index is 699. The average Bonchev–Trinajstić information content (AvgIpc) is 2.65. The summed E-state index contributed by atoms with van der Waals surface area (Å²) in [5.74, 6) is -0.0413. The van der Waals surface area contributed by atoms with Crippen LogP contribution in [0.1, 0.15) is 40.9 Å². The molecule has 2 N–H and O–H groups in total. The summed E-state index contributed by atoms with van der Waals surface area (Å²) in [4.78, 5) is 29.5. The number of urea groups is 1. The normalized spacial score (nSPS) is 11.5. The maximum atomic E-state index is 12.1. The molecule has 0 aliphatic carbocycles. The third kappa shape index (κ3) is 5.31. The largest absolute Gasteiger partial charge is 0.345 e. The highest BCUT2D eigenvalue weighted by Gasteiger charge is 2.12. The summed E-state index contributed by atoms with van der Waals surface area (Å²) in [6, 6.07) is 10.7. The van der Waals surface area contributed by atoms with Gasteiger partial charge in [-0.1, -0.05) is 19.1 Å². The van der Waals surface area contributed by atoms with Crippen LogP contribution in [0.15, 0.2) is 48.8 Å². The first kappa shape index (κ1) is 18.4. The Morgan fingerprint density at radius 3 is 2.28 bits per heavy atom. The lowest BCUT2D eigenvalue weighted by molar-refractivity contribution is 0.0827. The van der Waals surface area contributed by atoms with E-state index in [1.807, 2.05) is 31.2 Å². The molecule has 0 aliphatic heterocycles. The van der Waals surface area contributed by atoms with Crippen molar-refractivity contribution in [1.29, 1.82) is 0 Å². The minimum atomic E-state index is -0.225. The fourth-order valence-corrected chi connectivity index (χ4v) is 2.43. The summed E-state index contributed by atoms with van der Waals surface area (Å²) in [5, 5.41) is 5.80. The third-order valence-corrected chi connectivity index (χ3v) is 3.88. The predicted octanol–water partition coefficient (Wildman–Crippen LogP) is 2.73. The van der Waals surface area contributed by atoms with E-state index in [9.17, 15) is 9.59 Å². The molecule has 1 aromatic carbocycles. The van der Waals surface area contributed by atoms with Crippen LogP contribution in [-0.2, 0) is 6.54 Å². The molecule has 1 heterocycles. The Kier molecular flexibility index (Phi) is 6.51. The lowest BCUT2D eigenvalue weighted by atomic mass is 10.1. The van der Waals surface area contributed by atoms with Crippen LogP contribution < -0.4 is 10.6 Å².